The highest BCUT2D eigenvalue weighted by molar-refractivity contribution is 5.73. The first-order chi connectivity index (χ1) is 9.24. The van der Waals surface area contributed by atoms with E-state index in [2.05, 4.69) is 20.2 Å². The Balaban J connectivity index is 1.97. The van der Waals surface area contributed by atoms with Gasteiger partial charge in [-0.1, -0.05) is 0 Å². The normalized spacial score (nSPS) is 10.4. The van der Waals surface area contributed by atoms with Gasteiger partial charge in [0.25, 0.3) is 0 Å². The van der Waals surface area contributed by atoms with Gasteiger partial charge in [0.05, 0.1) is 0 Å². The van der Waals surface area contributed by atoms with Crippen molar-refractivity contribution >= 4 is 6.03 Å². The lowest BCUT2D eigenvalue weighted by Gasteiger charge is -2.08. The maximum atomic E-state index is 11.4. The van der Waals surface area contributed by atoms with E-state index in [9.17, 15) is 4.79 Å². The van der Waals surface area contributed by atoms with Crippen molar-refractivity contribution in [2.75, 3.05) is 26.3 Å². The van der Waals surface area contributed by atoms with Crippen LogP contribution in [0.5, 0.6) is 0 Å². The van der Waals surface area contributed by atoms with Gasteiger partial charge < -0.3 is 19.9 Å². The third-order valence-electron chi connectivity index (χ3n) is 2.74. The van der Waals surface area contributed by atoms with Crippen molar-refractivity contribution in [3.63, 3.8) is 0 Å². The second-order valence-electron chi connectivity index (χ2n) is 4.25. The Morgan fingerprint density at radius 3 is 2.74 bits per heavy atom. The molecule has 1 aromatic rings. The van der Waals surface area contributed by atoms with Gasteiger partial charge in [0.15, 0.2) is 0 Å². The van der Waals surface area contributed by atoms with Gasteiger partial charge in [0, 0.05) is 45.2 Å². The molecule has 2 N–H and O–H groups in total. The van der Waals surface area contributed by atoms with Crippen LogP contribution < -0.4 is 10.6 Å². The first kappa shape index (κ1) is 15.5. The average molecular weight is 268 g/mol. The van der Waals surface area contributed by atoms with Crippen molar-refractivity contribution in [2.24, 2.45) is 0 Å². The quantitative estimate of drug-likeness (QED) is 0.663. The number of carbonyl (C=O) groups excluding carboxylic acids is 1. The highest BCUT2D eigenvalue weighted by atomic mass is 16.5. The minimum atomic E-state index is -0.112. The van der Waals surface area contributed by atoms with Crippen molar-refractivity contribution in [3.05, 3.63) is 18.2 Å². The minimum absolute atomic E-state index is 0.112. The number of carbonyl (C=O) groups is 1. The van der Waals surface area contributed by atoms with Crippen LogP contribution in [0.4, 0.5) is 4.79 Å². The second kappa shape index (κ2) is 9.38. The Kier molecular flexibility index (Phi) is 7.65. The summed E-state index contributed by atoms with van der Waals surface area (Å²) in [5, 5.41) is 5.63. The fraction of sp³-hybridized carbons (Fsp3) is 0.692. The summed E-state index contributed by atoms with van der Waals surface area (Å²) >= 11 is 0. The molecule has 0 radical (unpaired) electrons. The molecule has 0 aromatic carbocycles. The number of aromatic nitrogens is 2. The molecule has 0 unspecified atom stereocenters. The zero-order valence-corrected chi connectivity index (χ0v) is 11.8. The average Bonchev–Trinajstić information content (AvgIpc) is 2.80. The highest BCUT2D eigenvalue weighted by Crippen LogP contribution is 1.96. The van der Waals surface area contributed by atoms with E-state index >= 15 is 0 Å². The number of nitrogens with one attached hydrogen (secondary N) is 2. The van der Waals surface area contributed by atoms with Crippen molar-refractivity contribution in [3.8, 4) is 0 Å². The zero-order chi connectivity index (χ0) is 13.9. The summed E-state index contributed by atoms with van der Waals surface area (Å²) in [6.07, 6.45) is 5.47. The Hall–Kier alpha value is -1.56. The Bertz CT molecular complexity index is 365. The molecule has 0 aliphatic rings. The molecule has 1 heterocycles. The van der Waals surface area contributed by atoms with Crippen LogP contribution >= 0.6 is 0 Å². The molecular formula is C13H24N4O2. The van der Waals surface area contributed by atoms with E-state index in [0.717, 1.165) is 31.8 Å². The maximum Gasteiger partial charge on any atom is 0.314 e. The van der Waals surface area contributed by atoms with Gasteiger partial charge in [-0.3, -0.25) is 0 Å². The molecule has 19 heavy (non-hydrogen) atoms. The van der Waals surface area contributed by atoms with Gasteiger partial charge in [-0.2, -0.15) is 0 Å². The summed E-state index contributed by atoms with van der Waals surface area (Å²) in [5.41, 5.74) is 0. The lowest BCUT2D eigenvalue weighted by atomic mass is 10.4. The fourth-order valence-electron chi connectivity index (χ4n) is 1.67. The fourth-order valence-corrected chi connectivity index (χ4v) is 1.67. The van der Waals surface area contributed by atoms with E-state index in [0.29, 0.717) is 19.7 Å². The number of ether oxygens (including phenoxy) is 1. The number of hydrogen-bond donors (Lipinski definition) is 2. The van der Waals surface area contributed by atoms with E-state index in [1.807, 2.05) is 20.0 Å². The van der Waals surface area contributed by atoms with Gasteiger partial charge in [0.2, 0.25) is 0 Å². The van der Waals surface area contributed by atoms with Crippen molar-refractivity contribution in [2.45, 2.75) is 33.2 Å². The molecule has 0 atom stereocenters. The predicted molar refractivity (Wildman–Crippen MR) is 74.1 cm³/mol. The van der Waals surface area contributed by atoms with Crippen LogP contribution in [-0.2, 0) is 11.3 Å². The summed E-state index contributed by atoms with van der Waals surface area (Å²) in [5.74, 6) is 1.00. The van der Waals surface area contributed by atoms with Crippen LogP contribution in [0, 0.1) is 6.92 Å². The third kappa shape index (κ3) is 6.81. The molecule has 1 rings (SSSR count). The molecule has 0 aliphatic carbocycles. The Morgan fingerprint density at radius 2 is 2.11 bits per heavy atom. The molecule has 0 bridgehead atoms. The van der Waals surface area contributed by atoms with Crippen LogP contribution in [0.3, 0.4) is 0 Å². The summed E-state index contributed by atoms with van der Waals surface area (Å²) in [4.78, 5) is 15.6. The standard InChI is InChI=1S/C13H24N4O2/c1-3-19-11-5-7-16-13(18)15-6-4-9-17-10-8-14-12(17)2/h8,10H,3-7,9,11H2,1-2H3,(H2,15,16,18). The van der Waals surface area contributed by atoms with E-state index in [1.54, 1.807) is 6.20 Å². The molecule has 6 heteroatoms. The monoisotopic (exact) mass is 268 g/mol. The lowest BCUT2D eigenvalue weighted by molar-refractivity contribution is 0.145. The van der Waals surface area contributed by atoms with E-state index in [-0.39, 0.29) is 6.03 Å². The predicted octanol–water partition coefficient (Wildman–Crippen LogP) is 1.31. The Morgan fingerprint density at radius 1 is 1.37 bits per heavy atom. The van der Waals surface area contributed by atoms with Crippen molar-refractivity contribution in [1.82, 2.24) is 20.2 Å². The van der Waals surface area contributed by atoms with Gasteiger partial charge in [0.1, 0.15) is 5.82 Å². The van der Waals surface area contributed by atoms with Crippen molar-refractivity contribution < 1.29 is 9.53 Å². The molecule has 6 nitrogen and oxygen atoms in total. The number of aryl methyl sites for hydroxylation is 2. The van der Waals surface area contributed by atoms with Crippen LogP contribution in [0.2, 0.25) is 0 Å². The van der Waals surface area contributed by atoms with Gasteiger partial charge >= 0.3 is 6.03 Å². The van der Waals surface area contributed by atoms with Gasteiger partial charge in [-0.25, -0.2) is 9.78 Å². The number of imidazole rings is 1. The van der Waals surface area contributed by atoms with E-state index in [1.165, 1.54) is 0 Å². The molecular weight excluding hydrogens is 244 g/mol. The largest absolute Gasteiger partial charge is 0.382 e. The smallest absolute Gasteiger partial charge is 0.314 e. The van der Waals surface area contributed by atoms with Crippen LogP contribution in [0.1, 0.15) is 25.6 Å². The number of amides is 2. The molecule has 0 saturated heterocycles. The van der Waals surface area contributed by atoms with Crippen LogP contribution in [-0.4, -0.2) is 41.9 Å². The summed E-state index contributed by atoms with van der Waals surface area (Å²) in [7, 11) is 0. The lowest BCUT2D eigenvalue weighted by Crippen LogP contribution is -2.37. The summed E-state index contributed by atoms with van der Waals surface area (Å²) < 4.78 is 7.26. The second-order valence-corrected chi connectivity index (χ2v) is 4.25. The molecule has 0 saturated carbocycles. The molecule has 2 amide bonds. The number of rotatable bonds is 9. The highest BCUT2D eigenvalue weighted by Gasteiger charge is 1.99. The first-order valence-corrected chi connectivity index (χ1v) is 6.81. The third-order valence-corrected chi connectivity index (χ3v) is 2.74. The SMILES string of the molecule is CCOCCCNC(=O)NCCCn1ccnc1C. The van der Waals surface area contributed by atoms with Crippen LogP contribution in [0.25, 0.3) is 0 Å². The molecule has 0 aliphatic heterocycles. The molecule has 108 valence electrons. The molecule has 1 aromatic heterocycles. The van der Waals surface area contributed by atoms with Gasteiger partial charge in [-0.05, 0) is 26.7 Å². The number of nitrogens with zero attached hydrogens (tertiary/aromatic N) is 2. The first-order valence-electron chi connectivity index (χ1n) is 6.81. The zero-order valence-electron chi connectivity index (χ0n) is 11.8. The van der Waals surface area contributed by atoms with E-state index < -0.39 is 0 Å². The number of urea groups is 1. The van der Waals surface area contributed by atoms with Crippen LogP contribution in [0.15, 0.2) is 12.4 Å². The van der Waals surface area contributed by atoms with E-state index in [4.69, 9.17) is 4.74 Å². The molecule has 0 fully saturated rings. The van der Waals surface area contributed by atoms with Crippen molar-refractivity contribution in [1.29, 1.82) is 0 Å². The topological polar surface area (TPSA) is 68.2 Å². The molecule has 0 spiro atoms. The summed E-state index contributed by atoms with van der Waals surface area (Å²) in [6, 6.07) is -0.112. The van der Waals surface area contributed by atoms with Gasteiger partial charge in [-0.15, -0.1) is 0 Å². The summed E-state index contributed by atoms with van der Waals surface area (Å²) in [6.45, 7) is 7.52. The number of hydrogen-bond acceptors (Lipinski definition) is 3. The minimum Gasteiger partial charge on any atom is -0.382 e. The Labute approximate surface area is 114 Å². The maximum absolute atomic E-state index is 11.4.